The number of carbonyl (C=O) groups is 4. The van der Waals surface area contributed by atoms with Crippen LogP contribution in [0.1, 0.15) is 85.5 Å². The van der Waals surface area contributed by atoms with E-state index in [1.165, 1.54) is 4.90 Å². The van der Waals surface area contributed by atoms with Gasteiger partial charge in [-0.25, -0.2) is 14.5 Å². The number of benzene rings is 1. The first kappa shape index (κ1) is 37.4. The molecule has 0 radical (unpaired) electrons. The van der Waals surface area contributed by atoms with Crippen LogP contribution in [-0.4, -0.2) is 89.6 Å². The molecule has 0 spiro atoms. The van der Waals surface area contributed by atoms with Crippen LogP contribution in [0.3, 0.4) is 0 Å². The van der Waals surface area contributed by atoms with Crippen molar-refractivity contribution in [1.29, 1.82) is 0 Å². The molecule has 15 nitrogen and oxygen atoms in total. The largest absolute Gasteiger partial charge is 0.472 e. The zero-order valence-corrected chi connectivity index (χ0v) is 30.8. The van der Waals surface area contributed by atoms with Crippen molar-refractivity contribution in [1.82, 2.24) is 30.2 Å². The van der Waals surface area contributed by atoms with Crippen LogP contribution in [0.5, 0.6) is 5.88 Å². The molecule has 2 aromatic rings. The third-order valence-corrected chi connectivity index (χ3v) is 11.1. The summed E-state index contributed by atoms with van der Waals surface area (Å²) in [6.45, 7) is 7.21. The minimum atomic E-state index is -4.39. The van der Waals surface area contributed by atoms with E-state index in [0.29, 0.717) is 25.1 Å². The van der Waals surface area contributed by atoms with E-state index in [9.17, 15) is 27.6 Å². The minimum absolute atomic E-state index is 0.0310. The molecule has 5 atom stereocenters. The van der Waals surface area contributed by atoms with Gasteiger partial charge in [0.05, 0.1) is 12.6 Å². The maximum absolute atomic E-state index is 14.5. The van der Waals surface area contributed by atoms with Crippen molar-refractivity contribution in [3.8, 4) is 17.3 Å². The highest BCUT2D eigenvalue weighted by Gasteiger charge is 2.62. The third kappa shape index (κ3) is 8.82. The topological polar surface area (TPSA) is 195 Å². The standard InChI is InChI=1S/C36H48N6O9S/c1-5-23-20-36(23,33(45)41-52(47,48)51-25-15-16-25)40-31(43)27-19-26(49-28-17-18-37-30(38-28)22-11-7-6-8-12-22)21-42(27)32(44)29(35(2,3)4)39-34(46)50-24-13-9-10-14-24/h6-8,11-12,17-18,23-27,29H,5,9-10,13-16,19-21H2,1-4H3,(H,39,46)(H,40,43)(H,41,45)/t23-,26-,27+,29-,36-/m1/s1. The molecule has 16 heteroatoms. The molecular weight excluding hydrogens is 692 g/mol. The fourth-order valence-electron chi connectivity index (χ4n) is 6.99. The Kier molecular flexibility index (Phi) is 10.8. The lowest BCUT2D eigenvalue weighted by atomic mass is 9.85. The smallest absolute Gasteiger partial charge is 0.408 e. The predicted molar refractivity (Wildman–Crippen MR) is 188 cm³/mol. The summed E-state index contributed by atoms with van der Waals surface area (Å²) in [6, 6.07) is 8.72. The Bertz CT molecular complexity index is 1760. The number of nitrogens with zero attached hydrogens (tertiary/aromatic N) is 3. The van der Waals surface area contributed by atoms with Gasteiger partial charge in [-0.2, -0.15) is 13.4 Å². The van der Waals surface area contributed by atoms with Gasteiger partial charge < -0.3 is 25.0 Å². The van der Waals surface area contributed by atoms with Gasteiger partial charge in [-0.15, -0.1) is 0 Å². The maximum Gasteiger partial charge on any atom is 0.408 e. The number of carbonyl (C=O) groups excluding carboxylic acids is 4. The average Bonchev–Trinajstić information content (AvgIpc) is 3.93. The van der Waals surface area contributed by atoms with Crippen LogP contribution in [0.15, 0.2) is 42.6 Å². The van der Waals surface area contributed by atoms with Gasteiger partial charge in [0.1, 0.15) is 29.8 Å². The molecule has 1 saturated heterocycles. The second-order valence-electron chi connectivity index (χ2n) is 15.3. The first-order chi connectivity index (χ1) is 24.7. The highest BCUT2D eigenvalue weighted by molar-refractivity contribution is 7.85. The number of likely N-dealkylation sites (tertiary alicyclic amines) is 1. The van der Waals surface area contributed by atoms with Crippen LogP contribution in [0, 0.1) is 11.3 Å². The molecule has 1 aliphatic heterocycles. The van der Waals surface area contributed by atoms with Crippen molar-refractivity contribution in [2.75, 3.05) is 6.54 Å². The molecule has 0 bridgehead atoms. The van der Waals surface area contributed by atoms with E-state index in [-0.39, 0.29) is 37.3 Å². The normalized spacial score (nSPS) is 25.2. The summed E-state index contributed by atoms with van der Waals surface area (Å²) >= 11 is 0. The molecule has 3 saturated carbocycles. The van der Waals surface area contributed by atoms with Crippen molar-refractivity contribution in [3.63, 3.8) is 0 Å². The Morgan fingerprint density at radius 2 is 1.71 bits per heavy atom. The summed E-state index contributed by atoms with van der Waals surface area (Å²) < 4.78 is 44.0. The molecule has 4 fully saturated rings. The number of rotatable bonds is 13. The number of ether oxygens (including phenoxy) is 2. The van der Waals surface area contributed by atoms with Crippen molar-refractivity contribution in [3.05, 3.63) is 42.6 Å². The number of alkyl carbamates (subject to hydrolysis) is 1. The van der Waals surface area contributed by atoms with E-state index in [2.05, 4.69) is 20.6 Å². The van der Waals surface area contributed by atoms with Gasteiger partial charge in [-0.05, 0) is 56.3 Å². The SMILES string of the molecule is CC[C@@H]1C[C@]1(NC(=O)[C@@H]1C[C@@H](Oc2ccnc(-c3ccccc3)n2)CN1C(=O)[C@@H](NC(=O)OC1CCCC1)C(C)(C)C)C(=O)NS(=O)(=O)OC1CC1. The Hall–Kier alpha value is -4.31. The van der Waals surface area contributed by atoms with E-state index in [4.69, 9.17) is 13.7 Å². The predicted octanol–water partition coefficient (Wildman–Crippen LogP) is 3.40. The van der Waals surface area contributed by atoms with Gasteiger partial charge in [0.15, 0.2) is 5.82 Å². The molecule has 3 aliphatic carbocycles. The number of nitrogens with one attached hydrogen (secondary N) is 3. The van der Waals surface area contributed by atoms with Crippen molar-refractivity contribution >= 4 is 34.1 Å². The highest BCUT2D eigenvalue weighted by atomic mass is 32.2. The van der Waals surface area contributed by atoms with Crippen molar-refractivity contribution in [2.45, 2.75) is 121 Å². The second kappa shape index (κ2) is 15.0. The summed E-state index contributed by atoms with van der Waals surface area (Å²) in [5.41, 5.74) is -1.52. The minimum Gasteiger partial charge on any atom is -0.472 e. The monoisotopic (exact) mass is 740 g/mol. The van der Waals surface area contributed by atoms with Crippen molar-refractivity contribution in [2.24, 2.45) is 11.3 Å². The van der Waals surface area contributed by atoms with E-state index in [1.54, 1.807) is 33.0 Å². The van der Waals surface area contributed by atoms with Gasteiger partial charge in [-0.3, -0.25) is 18.6 Å². The van der Waals surface area contributed by atoms with Crippen LogP contribution in [0.25, 0.3) is 11.4 Å². The fourth-order valence-corrected chi connectivity index (χ4v) is 8.00. The lowest BCUT2D eigenvalue weighted by molar-refractivity contribution is -0.143. The van der Waals surface area contributed by atoms with Gasteiger partial charge >= 0.3 is 16.4 Å². The first-order valence-electron chi connectivity index (χ1n) is 18.1. The summed E-state index contributed by atoms with van der Waals surface area (Å²) in [5, 5.41) is 5.57. The van der Waals surface area contributed by atoms with Gasteiger partial charge in [-0.1, -0.05) is 64.4 Å². The zero-order valence-electron chi connectivity index (χ0n) is 30.0. The maximum atomic E-state index is 14.5. The second-order valence-corrected chi connectivity index (χ2v) is 16.6. The number of aromatic nitrogens is 2. The Morgan fingerprint density at radius 3 is 2.35 bits per heavy atom. The Labute approximate surface area is 304 Å². The van der Waals surface area contributed by atoms with E-state index < -0.39 is 69.4 Å². The summed E-state index contributed by atoms with van der Waals surface area (Å²) in [7, 11) is -4.39. The molecule has 0 unspecified atom stereocenters. The third-order valence-electron chi connectivity index (χ3n) is 10.1. The quantitative estimate of drug-likeness (QED) is 0.272. The van der Waals surface area contributed by atoms with Crippen LogP contribution >= 0.6 is 0 Å². The van der Waals surface area contributed by atoms with Crippen LogP contribution in [0.4, 0.5) is 4.79 Å². The summed E-state index contributed by atoms with van der Waals surface area (Å²) in [4.78, 5) is 65.5. The molecule has 1 aromatic carbocycles. The van der Waals surface area contributed by atoms with Gasteiger partial charge in [0, 0.05) is 24.2 Å². The Balaban J connectivity index is 1.24. The first-order valence-corrected chi connectivity index (χ1v) is 19.5. The van der Waals surface area contributed by atoms with Crippen molar-refractivity contribution < 1.29 is 41.3 Å². The molecular formula is C36H48N6O9S. The van der Waals surface area contributed by atoms with E-state index in [0.717, 1.165) is 31.2 Å². The highest BCUT2D eigenvalue weighted by Crippen LogP contribution is 2.46. The molecule has 52 heavy (non-hydrogen) atoms. The Morgan fingerprint density at radius 1 is 1.00 bits per heavy atom. The molecule has 2 heterocycles. The summed E-state index contributed by atoms with van der Waals surface area (Å²) in [6.07, 6.45) is 4.78. The fraction of sp³-hybridized carbons (Fsp3) is 0.611. The molecule has 4 amide bonds. The molecule has 6 rings (SSSR count). The zero-order chi connectivity index (χ0) is 37.3. The number of amides is 4. The van der Waals surface area contributed by atoms with Crippen LogP contribution < -0.4 is 20.1 Å². The molecule has 4 aliphatic rings. The van der Waals surface area contributed by atoms with Gasteiger partial charge in [0.2, 0.25) is 17.7 Å². The summed E-state index contributed by atoms with van der Waals surface area (Å²) in [5.74, 6) is -1.74. The molecule has 1 aromatic heterocycles. The van der Waals surface area contributed by atoms with Gasteiger partial charge in [0.25, 0.3) is 5.91 Å². The van der Waals surface area contributed by atoms with Crippen LogP contribution in [-0.2, 0) is 33.6 Å². The van der Waals surface area contributed by atoms with Crippen LogP contribution in [0.2, 0.25) is 0 Å². The van der Waals surface area contributed by atoms with E-state index in [1.807, 2.05) is 42.0 Å². The lowest BCUT2D eigenvalue weighted by Gasteiger charge is -2.35. The lowest BCUT2D eigenvalue weighted by Crippen LogP contribution is -2.60. The molecule has 3 N–H and O–H groups in total. The number of hydrogen-bond donors (Lipinski definition) is 3. The number of hydrogen-bond acceptors (Lipinski definition) is 11. The molecule has 282 valence electrons. The van der Waals surface area contributed by atoms with E-state index >= 15 is 0 Å². The average molecular weight is 741 g/mol.